The Kier molecular flexibility index (Phi) is 6.19. The Morgan fingerprint density at radius 3 is 2.74 bits per heavy atom. The minimum Gasteiger partial charge on any atom is -0.271 e. The molecule has 0 aliphatic rings. The van der Waals surface area contributed by atoms with Crippen LogP contribution in [0.4, 0.5) is 4.39 Å². The first kappa shape index (κ1) is 16.4. The van der Waals surface area contributed by atoms with Crippen molar-refractivity contribution in [2.24, 2.45) is 5.84 Å². The van der Waals surface area contributed by atoms with Crippen LogP contribution in [0.2, 0.25) is 5.02 Å². The molecule has 0 fully saturated rings. The van der Waals surface area contributed by atoms with E-state index < -0.39 is 21.7 Å². The van der Waals surface area contributed by atoms with E-state index >= 15 is 0 Å². The monoisotopic (exact) mass is 308 g/mol. The summed E-state index contributed by atoms with van der Waals surface area (Å²) in [6.45, 7) is 1.60. The van der Waals surface area contributed by atoms with Gasteiger partial charge in [-0.1, -0.05) is 30.7 Å². The van der Waals surface area contributed by atoms with Gasteiger partial charge in [0.25, 0.3) is 0 Å². The highest BCUT2D eigenvalue weighted by molar-refractivity contribution is 7.91. The van der Waals surface area contributed by atoms with Gasteiger partial charge in [-0.2, -0.15) is 0 Å². The number of nitrogens with two attached hydrogens (primary N) is 1. The van der Waals surface area contributed by atoms with Crippen molar-refractivity contribution in [1.29, 1.82) is 0 Å². The second-order valence-corrected chi connectivity index (χ2v) is 7.12. The average molecular weight is 309 g/mol. The molecule has 0 heterocycles. The van der Waals surface area contributed by atoms with E-state index in [0.717, 1.165) is 0 Å². The Balaban J connectivity index is 2.71. The maximum Gasteiger partial charge on any atom is 0.150 e. The predicted molar refractivity (Wildman–Crippen MR) is 75.0 cm³/mol. The van der Waals surface area contributed by atoms with Gasteiger partial charge in [0.2, 0.25) is 0 Å². The molecule has 1 rings (SSSR count). The first-order chi connectivity index (χ1) is 8.91. The third-order valence-corrected chi connectivity index (χ3v) is 5.03. The van der Waals surface area contributed by atoms with Gasteiger partial charge in [0, 0.05) is 17.4 Å². The van der Waals surface area contributed by atoms with Crippen LogP contribution in [0.5, 0.6) is 0 Å². The Morgan fingerprint density at radius 2 is 2.16 bits per heavy atom. The lowest BCUT2D eigenvalue weighted by Crippen LogP contribution is -2.29. The fourth-order valence-corrected chi connectivity index (χ4v) is 2.85. The first-order valence-electron chi connectivity index (χ1n) is 6.01. The fourth-order valence-electron chi connectivity index (χ4n) is 1.77. The van der Waals surface area contributed by atoms with Crippen LogP contribution in [0.15, 0.2) is 18.2 Å². The summed E-state index contributed by atoms with van der Waals surface area (Å²) in [7, 11) is -3.01. The number of benzene rings is 1. The van der Waals surface area contributed by atoms with Crippen molar-refractivity contribution < 1.29 is 12.8 Å². The van der Waals surface area contributed by atoms with Crippen LogP contribution in [-0.4, -0.2) is 19.9 Å². The van der Waals surface area contributed by atoms with E-state index in [1.54, 1.807) is 19.1 Å². The summed E-state index contributed by atoms with van der Waals surface area (Å²) in [5, 5.41) is 0.0268. The van der Waals surface area contributed by atoms with Crippen molar-refractivity contribution in [3.05, 3.63) is 34.6 Å². The molecule has 1 aromatic rings. The van der Waals surface area contributed by atoms with Crippen LogP contribution in [0.3, 0.4) is 0 Å². The molecule has 1 unspecified atom stereocenters. The second-order valence-electron chi connectivity index (χ2n) is 4.24. The van der Waals surface area contributed by atoms with Crippen molar-refractivity contribution in [2.45, 2.75) is 25.8 Å². The molecule has 108 valence electrons. The zero-order valence-electron chi connectivity index (χ0n) is 10.7. The van der Waals surface area contributed by atoms with Crippen molar-refractivity contribution >= 4 is 21.4 Å². The number of sulfone groups is 1. The maximum absolute atomic E-state index is 13.8. The Bertz CT molecular complexity index is 522. The molecule has 0 aliphatic carbocycles. The van der Waals surface area contributed by atoms with Crippen LogP contribution < -0.4 is 11.3 Å². The van der Waals surface area contributed by atoms with Gasteiger partial charge < -0.3 is 0 Å². The third kappa shape index (κ3) is 4.72. The summed E-state index contributed by atoms with van der Waals surface area (Å²) in [5.74, 6) is 5.06. The molecule has 0 saturated carbocycles. The lowest BCUT2D eigenvalue weighted by atomic mass is 10.0. The summed E-state index contributed by atoms with van der Waals surface area (Å²) in [6.07, 6.45) is 0.837. The number of halogens is 2. The maximum atomic E-state index is 13.8. The molecule has 3 N–H and O–H groups in total. The summed E-state index contributed by atoms with van der Waals surface area (Å²) >= 11 is 5.70. The van der Waals surface area contributed by atoms with Crippen molar-refractivity contribution in [2.75, 3.05) is 11.5 Å². The average Bonchev–Trinajstić information content (AvgIpc) is 2.38. The molecule has 1 aromatic carbocycles. The molecule has 4 nitrogen and oxygen atoms in total. The number of rotatable bonds is 7. The van der Waals surface area contributed by atoms with Crippen molar-refractivity contribution in [1.82, 2.24) is 5.43 Å². The van der Waals surface area contributed by atoms with E-state index in [1.807, 2.05) is 0 Å². The van der Waals surface area contributed by atoms with Gasteiger partial charge in [0.15, 0.2) is 0 Å². The molecule has 0 saturated heterocycles. The van der Waals surface area contributed by atoms with Gasteiger partial charge in [-0.05, 0) is 18.9 Å². The first-order valence-corrected chi connectivity index (χ1v) is 8.21. The van der Waals surface area contributed by atoms with E-state index in [9.17, 15) is 12.8 Å². The lowest BCUT2D eigenvalue weighted by Gasteiger charge is -2.17. The molecule has 19 heavy (non-hydrogen) atoms. The molecular formula is C12H18ClFN2O2S. The van der Waals surface area contributed by atoms with Crippen LogP contribution in [0, 0.1) is 5.82 Å². The fraction of sp³-hybridized carbons (Fsp3) is 0.500. The molecule has 0 spiro atoms. The number of hydrogen-bond acceptors (Lipinski definition) is 4. The molecule has 7 heteroatoms. The predicted octanol–water partition coefficient (Wildman–Crippen LogP) is 2.20. The minimum absolute atomic E-state index is 0.0268. The van der Waals surface area contributed by atoms with Gasteiger partial charge in [-0.25, -0.2) is 12.8 Å². The van der Waals surface area contributed by atoms with E-state index in [4.69, 9.17) is 17.4 Å². The standard InChI is InChI=1S/C12H18ClFN2O2S/c1-2-19(17,18)8-4-7-11(16-15)9-5-3-6-10(13)12(9)14/h3,5-6,11,16H,2,4,7-8,15H2,1H3. The smallest absolute Gasteiger partial charge is 0.150 e. The minimum atomic E-state index is -3.01. The SMILES string of the molecule is CCS(=O)(=O)CCCC(NN)c1cccc(Cl)c1F. The van der Waals surface area contributed by atoms with E-state index in [0.29, 0.717) is 18.4 Å². The molecule has 0 bridgehead atoms. The molecule has 0 aromatic heterocycles. The van der Waals surface area contributed by atoms with Gasteiger partial charge >= 0.3 is 0 Å². The zero-order chi connectivity index (χ0) is 14.5. The highest BCUT2D eigenvalue weighted by Gasteiger charge is 2.17. The van der Waals surface area contributed by atoms with E-state index in [-0.39, 0.29) is 16.5 Å². The Hall–Kier alpha value is -0.690. The molecule has 1 atom stereocenters. The highest BCUT2D eigenvalue weighted by Crippen LogP contribution is 2.25. The lowest BCUT2D eigenvalue weighted by molar-refractivity contribution is 0.480. The Morgan fingerprint density at radius 1 is 1.47 bits per heavy atom. The Labute approximate surface area is 118 Å². The molecule has 0 amide bonds. The topological polar surface area (TPSA) is 72.2 Å². The summed E-state index contributed by atoms with van der Waals surface area (Å²) in [6, 6.07) is 4.22. The number of nitrogens with one attached hydrogen (secondary N) is 1. The molecule has 0 radical (unpaired) electrons. The van der Waals surface area contributed by atoms with Gasteiger partial charge in [0.05, 0.1) is 10.8 Å². The summed E-state index contributed by atoms with van der Waals surface area (Å²) in [4.78, 5) is 0. The van der Waals surface area contributed by atoms with Gasteiger partial charge in [0.1, 0.15) is 15.7 Å². The van der Waals surface area contributed by atoms with Crippen LogP contribution >= 0.6 is 11.6 Å². The number of hydrazine groups is 1. The van der Waals surface area contributed by atoms with E-state index in [1.165, 1.54) is 6.07 Å². The third-order valence-electron chi connectivity index (χ3n) is 2.95. The zero-order valence-corrected chi connectivity index (χ0v) is 12.3. The van der Waals surface area contributed by atoms with Crippen LogP contribution in [0.1, 0.15) is 31.4 Å². The quantitative estimate of drug-likeness (QED) is 0.598. The van der Waals surface area contributed by atoms with Gasteiger partial charge in [-0.3, -0.25) is 11.3 Å². The molecular weight excluding hydrogens is 291 g/mol. The van der Waals surface area contributed by atoms with Crippen LogP contribution in [-0.2, 0) is 9.84 Å². The van der Waals surface area contributed by atoms with Gasteiger partial charge in [-0.15, -0.1) is 0 Å². The van der Waals surface area contributed by atoms with E-state index in [2.05, 4.69) is 5.43 Å². The summed E-state index contributed by atoms with van der Waals surface area (Å²) in [5.41, 5.74) is 2.85. The van der Waals surface area contributed by atoms with Crippen molar-refractivity contribution in [3.63, 3.8) is 0 Å². The highest BCUT2D eigenvalue weighted by atomic mass is 35.5. The number of hydrogen-bond donors (Lipinski definition) is 2. The van der Waals surface area contributed by atoms with Crippen LogP contribution in [0.25, 0.3) is 0 Å². The van der Waals surface area contributed by atoms with Crippen molar-refractivity contribution in [3.8, 4) is 0 Å². The second kappa shape index (κ2) is 7.19. The normalized spacial score (nSPS) is 13.5. The summed E-state index contributed by atoms with van der Waals surface area (Å²) < 4.78 is 36.6. The largest absolute Gasteiger partial charge is 0.271 e. The molecule has 0 aliphatic heterocycles.